The molecule has 0 aliphatic heterocycles. The Morgan fingerprint density at radius 3 is 2.60 bits per heavy atom. The van der Waals surface area contributed by atoms with Crippen molar-refractivity contribution < 1.29 is 18.7 Å². The number of rotatable bonds is 7. The molecule has 5 rings (SSSR count). The van der Waals surface area contributed by atoms with Gasteiger partial charge in [0.2, 0.25) is 5.89 Å². The average molecular weight is 465 g/mol. The molecule has 0 radical (unpaired) electrons. The molecule has 35 heavy (non-hydrogen) atoms. The van der Waals surface area contributed by atoms with Gasteiger partial charge in [-0.3, -0.25) is 4.79 Å². The van der Waals surface area contributed by atoms with Crippen molar-refractivity contribution in [2.75, 3.05) is 12.4 Å². The Morgan fingerprint density at radius 2 is 1.77 bits per heavy atom. The first-order chi connectivity index (χ1) is 17.1. The van der Waals surface area contributed by atoms with E-state index >= 15 is 0 Å². The molecule has 0 saturated heterocycles. The molecule has 174 valence electrons. The van der Waals surface area contributed by atoms with E-state index < -0.39 is 0 Å². The molecule has 1 amide bonds. The third-order valence-corrected chi connectivity index (χ3v) is 5.67. The van der Waals surface area contributed by atoms with E-state index in [2.05, 4.69) is 10.3 Å². The highest BCUT2D eigenvalue weighted by molar-refractivity contribution is 6.05. The molecule has 1 aromatic heterocycles. The van der Waals surface area contributed by atoms with Crippen molar-refractivity contribution in [1.82, 2.24) is 4.98 Å². The van der Waals surface area contributed by atoms with Crippen LogP contribution >= 0.6 is 0 Å². The Morgan fingerprint density at radius 1 is 0.914 bits per heavy atom. The molecule has 1 N–H and O–H groups in total. The summed E-state index contributed by atoms with van der Waals surface area (Å²) < 4.78 is 17.1. The van der Waals surface area contributed by atoms with E-state index in [1.165, 1.54) is 0 Å². The van der Waals surface area contributed by atoms with E-state index in [0.29, 0.717) is 46.3 Å². The van der Waals surface area contributed by atoms with Crippen LogP contribution in [0.15, 0.2) is 95.4 Å². The number of ether oxygens (including phenoxy) is 2. The van der Waals surface area contributed by atoms with Gasteiger partial charge in [0.1, 0.15) is 23.6 Å². The molecule has 1 heterocycles. The lowest BCUT2D eigenvalue weighted by Gasteiger charge is -2.11. The molecular weight excluding hydrogens is 440 g/mol. The van der Waals surface area contributed by atoms with Crippen LogP contribution in [0.2, 0.25) is 0 Å². The van der Waals surface area contributed by atoms with Crippen LogP contribution in [0.1, 0.15) is 21.5 Å². The molecular formula is C29H24N2O4. The monoisotopic (exact) mass is 464 g/mol. The lowest BCUT2D eigenvalue weighted by molar-refractivity contribution is 0.102. The Hall–Kier alpha value is -4.58. The SMILES string of the molecule is COc1ccc2oc(-c3ccc(C)c(NC(=O)c4cccc(OCc5ccccc5)c4)c3)nc2c1. The minimum absolute atomic E-state index is 0.224. The van der Waals surface area contributed by atoms with E-state index in [1.807, 2.05) is 85.8 Å². The predicted molar refractivity (Wildman–Crippen MR) is 136 cm³/mol. The first-order valence-corrected chi connectivity index (χ1v) is 11.2. The van der Waals surface area contributed by atoms with Crippen molar-refractivity contribution >= 4 is 22.7 Å². The number of aryl methyl sites for hydroxylation is 1. The molecule has 0 aliphatic rings. The summed E-state index contributed by atoms with van der Waals surface area (Å²) in [7, 11) is 1.61. The van der Waals surface area contributed by atoms with Crippen molar-refractivity contribution in [1.29, 1.82) is 0 Å². The number of fused-ring (bicyclic) bond motifs is 1. The van der Waals surface area contributed by atoms with Crippen LogP contribution in [0.5, 0.6) is 11.5 Å². The molecule has 5 aromatic rings. The minimum Gasteiger partial charge on any atom is -0.497 e. The first-order valence-electron chi connectivity index (χ1n) is 11.2. The largest absolute Gasteiger partial charge is 0.497 e. The molecule has 0 saturated carbocycles. The van der Waals surface area contributed by atoms with Gasteiger partial charge >= 0.3 is 0 Å². The summed E-state index contributed by atoms with van der Waals surface area (Å²) in [5.41, 5.74) is 5.32. The number of nitrogens with zero attached hydrogens (tertiary/aromatic N) is 1. The first kappa shape index (κ1) is 22.2. The fourth-order valence-electron chi connectivity index (χ4n) is 3.71. The van der Waals surface area contributed by atoms with Gasteiger partial charge in [0.15, 0.2) is 5.58 Å². The van der Waals surface area contributed by atoms with Gasteiger partial charge in [-0.15, -0.1) is 0 Å². The van der Waals surface area contributed by atoms with Gasteiger partial charge in [-0.05, 0) is 60.5 Å². The van der Waals surface area contributed by atoms with Crippen LogP contribution in [0.3, 0.4) is 0 Å². The second-order valence-electron chi connectivity index (χ2n) is 8.14. The van der Waals surface area contributed by atoms with Gasteiger partial charge in [-0.25, -0.2) is 4.98 Å². The summed E-state index contributed by atoms with van der Waals surface area (Å²) in [5.74, 6) is 1.59. The van der Waals surface area contributed by atoms with Gasteiger partial charge in [0.25, 0.3) is 5.91 Å². The Bertz CT molecular complexity index is 1490. The number of hydrogen-bond donors (Lipinski definition) is 1. The van der Waals surface area contributed by atoms with E-state index in [4.69, 9.17) is 13.9 Å². The zero-order chi connectivity index (χ0) is 24.2. The number of hydrogen-bond acceptors (Lipinski definition) is 5. The maximum atomic E-state index is 13.0. The second kappa shape index (κ2) is 9.73. The van der Waals surface area contributed by atoms with Gasteiger partial charge in [-0.1, -0.05) is 42.5 Å². The van der Waals surface area contributed by atoms with Crippen molar-refractivity contribution in [2.24, 2.45) is 0 Å². The van der Waals surface area contributed by atoms with Gasteiger partial charge in [0.05, 0.1) is 7.11 Å². The molecule has 0 fully saturated rings. The fourth-order valence-corrected chi connectivity index (χ4v) is 3.71. The number of nitrogens with one attached hydrogen (secondary N) is 1. The second-order valence-corrected chi connectivity index (χ2v) is 8.14. The molecule has 6 nitrogen and oxygen atoms in total. The van der Waals surface area contributed by atoms with E-state index in [0.717, 1.165) is 16.7 Å². The van der Waals surface area contributed by atoms with Crippen LogP contribution in [0.4, 0.5) is 5.69 Å². The highest BCUT2D eigenvalue weighted by Gasteiger charge is 2.13. The van der Waals surface area contributed by atoms with E-state index in [1.54, 1.807) is 19.2 Å². The molecule has 0 bridgehead atoms. The van der Waals surface area contributed by atoms with Crippen molar-refractivity contribution in [2.45, 2.75) is 13.5 Å². The standard InChI is InChI=1S/C29H24N2O4/c1-19-11-12-22(29-31-26-17-23(33-2)13-14-27(26)35-29)16-25(19)30-28(32)21-9-6-10-24(15-21)34-18-20-7-4-3-5-8-20/h3-17H,18H2,1-2H3,(H,30,32). The molecule has 6 heteroatoms. The number of carbonyl (C=O) groups is 1. The van der Waals surface area contributed by atoms with Crippen LogP contribution < -0.4 is 14.8 Å². The average Bonchev–Trinajstić information content (AvgIpc) is 3.33. The highest BCUT2D eigenvalue weighted by Crippen LogP contribution is 2.30. The Balaban J connectivity index is 1.34. The number of amides is 1. The third kappa shape index (κ3) is 5.01. The number of benzene rings is 4. The van der Waals surface area contributed by atoms with Crippen LogP contribution in [-0.4, -0.2) is 18.0 Å². The van der Waals surface area contributed by atoms with Gasteiger partial charge in [-0.2, -0.15) is 0 Å². The fraction of sp³-hybridized carbons (Fsp3) is 0.103. The maximum absolute atomic E-state index is 13.0. The Labute approximate surface area is 203 Å². The van der Waals surface area contributed by atoms with Gasteiger partial charge in [0, 0.05) is 22.9 Å². The van der Waals surface area contributed by atoms with Crippen molar-refractivity contribution in [3.63, 3.8) is 0 Å². The summed E-state index contributed by atoms with van der Waals surface area (Å²) in [6, 6.07) is 28.3. The normalized spacial score (nSPS) is 10.8. The molecule has 0 unspecified atom stereocenters. The highest BCUT2D eigenvalue weighted by atomic mass is 16.5. The zero-order valence-electron chi connectivity index (χ0n) is 19.4. The number of methoxy groups -OCH3 is 1. The van der Waals surface area contributed by atoms with Crippen LogP contribution in [-0.2, 0) is 6.61 Å². The quantitative estimate of drug-likeness (QED) is 0.292. The molecule has 0 aliphatic carbocycles. The smallest absolute Gasteiger partial charge is 0.255 e. The van der Waals surface area contributed by atoms with Crippen molar-refractivity contribution in [3.05, 3.63) is 108 Å². The predicted octanol–water partition coefficient (Wildman–Crippen LogP) is 6.64. The molecule has 4 aromatic carbocycles. The third-order valence-electron chi connectivity index (χ3n) is 5.67. The summed E-state index contributed by atoms with van der Waals surface area (Å²) in [5, 5.41) is 3.01. The summed E-state index contributed by atoms with van der Waals surface area (Å²) in [6.45, 7) is 2.37. The molecule has 0 atom stereocenters. The molecule has 0 spiro atoms. The number of aromatic nitrogens is 1. The lowest BCUT2D eigenvalue weighted by Crippen LogP contribution is -2.13. The van der Waals surface area contributed by atoms with Gasteiger partial charge < -0.3 is 19.2 Å². The topological polar surface area (TPSA) is 73.6 Å². The lowest BCUT2D eigenvalue weighted by atomic mass is 10.1. The maximum Gasteiger partial charge on any atom is 0.255 e. The summed E-state index contributed by atoms with van der Waals surface area (Å²) >= 11 is 0. The van der Waals surface area contributed by atoms with Crippen LogP contribution in [0.25, 0.3) is 22.6 Å². The Kier molecular flexibility index (Phi) is 6.18. The summed E-state index contributed by atoms with van der Waals surface area (Å²) in [4.78, 5) is 17.6. The van der Waals surface area contributed by atoms with Crippen molar-refractivity contribution in [3.8, 4) is 23.0 Å². The zero-order valence-corrected chi connectivity index (χ0v) is 19.4. The number of oxazole rings is 1. The summed E-state index contributed by atoms with van der Waals surface area (Å²) in [6.07, 6.45) is 0. The number of carbonyl (C=O) groups excluding carboxylic acids is 1. The van der Waals surface area contributed by atoms with E-state index in [9.17, 15) is 4.79 Å². The van der Waals surface area contributed by atoms with E-state index in [-0.39, 0.29) is 5.91 Å². The number of anilines is 1. The minimum atomic E-state index is -0.224. The van der Waals surface area contributed by atoms with Crippen LogP contribution in [0, 0.1) is 6.92 Å².